The number of rotatable bonds is 3. The molecule has 0 bridgehead atoms. The van der Waals surface area contributed by atoms with Gasteiger partial charge in [0.1, 0.15) is 0 Å². The number of hydrogen-bond donors (Lipinski definition) is 1. The molecule has 1 heterocycles. The Morgan fingerprint density at radius 1 is 1.47 bits per heavy atom. The molecule has 0 saturated carbocycles. The van der Waals surface area contributed by atoms with Crippen LogP contribution in [0.4, 0.5) is 11.5 Å². The Kier molecular flexibility index (Phi) is 3.33. The highest BCUT2D eigenvalue weighted by Crippen LogP contribution is 2.13. The molecule has 0 unspecified atom stereocenters. The van der Waals surface area contributed by atoms with Crippen molar-refractivity contribution in [3.05, 3.63) is 25.7 Å². The van der Waals surface area contributed by atoms with Crippen molar-refractivity contribution in [1.82, 2.24) is 9.24 Å². The lowest BCUT2D eigenvalue weighted by atomic mass is 10.4. The minimum Gasteiger partial charge on any atom is -0.381 e. The van der Waals surface area contributed by atoms with Crippen LogP contribution in [0.2, 0.25) is 0 Å². The van der Waals surface area contributed by atoms with Crippen LogP contribution in [-0.2, 0) is 6.54 Å². The SMILES string of the molecule is C#CCn1c(=O)c(N=O)c(N)n(N(C)C)c1=O. The molecule has 0 spiro atoms. The van der Waals surface area contributed by atoms with E-state index in [1.165, 1.54) is 19.1 Å². The lowest BCUT2D eigenvalue weighted by molar-refractivity contribution is 0.610. The van der Waals surface area contributed by atoms with Crippen LogP contribution in [0.5, 0.6) is 0 Å². The minimum atomic E-state index is -0.890. The predicted molar refractivity (Wildman–Crippen MR) is 63.7 cm³/mol. The number of aromatic nitrogens is 2. The Morgan fingerprint density at radius 2 is 2.06 bits per heavy atom. The molecule has 8 heteroatoms. The zero-order valence-corrected chi connectivity index (χ0v) is 9.38. The average Bonchev–Trinajstić information content (AvgIpc) is 2.24. The van der Waals surface area contributed by atoms with E-state index in [9.17, 15) is 14.5 Å². The van der Waals surface area contributed by atoms with Gasteiger partial charge in [-0.3, -0.25) is 4.79 Å². The maximum atomic E-state index is 11.9. The first-order valence-electron chi connectivity index (χ1n) is 4.55. The summed E-state index contributed by atoms with van der Waals surface area (Å²) in [5.41, 5.74) is 3.38. The molecule has 0 aromatic carbocycles. The molecule has 0 saturated heterocycles. The molecule has 8 nitrogen and oxygen atoms in total. The first kappa shape index (κ1) is 12.5. The molecule has 1 aromatic rings. The van der Waals surface area contributed by atoms with E-state index in [2.05, 4.69) is 11.1 Å². The van der Waals surface area contributed by atoms with Crippen molar-refractivity contribution in [1.29, 1.82) is 0 Å². The summed E-state index contributed by atoms with van der Waals surface area (Å²) in [6.45, 7) is -0.256. The van der Waals surface area contributed by atoms with Gasteiger partial charge in [0.05, 0.1) is 6.54 Å². The summed E-state index contributed by atoms with van der Waals surface area (Å²) in [5, 5.41) is 3.85. The molecule has 17 heavy (non-hydrogen) atoms. The smallest absolute Gasteiger partial charge is 0.352 e. The average molecular weight is 237 g/mol. The molecule has 1 rings (SSSR count). The second-order valence-electron chi connectivity index (χ2n) is 3.36. The Balaban J connectivity index is 3.84. The second-order valence-corrected chi connectivity index (χ2v) is 3.36. The van der Waals surface area contributed by atoms with Crippen LogP contribution in [0.25, 0.3) is 0 Å². The van der Waals surface area contributed by atoms with E-state index >= 15 is 0 Å². The number of anilines is 1. The summed E-state index contributed by atoms with van der Waals surface area (Å²) in [6, 6.07) is 0. The lowest BCUT2D eigenvalue weighted by Crippen LogP contribution is -2.47. The highest BCUT2D eigenvalue weighted by Gasteiger charge is 2.18. The van der Waals surface area contributed by atoms with Crippen molar-refractivity contribution >= 4 is 11.5 Å². The van der Waals surface area contributed by atoms with Gasteiger partial charge in [0.15, 0.2) is 5.82 Å². The van der Waals surface area contributed by atoms with Crippen LogP contribution in [0, 0.1) is 17.3 Å². The van der Waals surface area contributed by atoms with E-state index in [1.807, 2.05) is 0 Å². The Labute approximate surface area is 96.2 Å². The zero-order chi connectivity index (χ0) is 13.2. The molecular formula is C9H11N5O3. The summed E-state index contributed by atoms with van der Waals surface area (Å²) >= 11 is 0. The largest absolute Gasteiger partial charge is 0.381 e. The highest BCUT2D eigenvalue weighted by molar-refractivity contribution is 5.56. The molecule has 0 aliphatic heterocycles. The Bertz CT molecular complexity index is 605. The quantitative estimate of drug-likeness (QED) is 0.526. The standard InChI is InChI=1S/C9H11N5O3/c1-4-5-13-8(15)6(11-17)7(10)14(9(13)16)12(2)3/h1H,5,10H2,2-3H3. The maximum absolute atomic E-state index is 11.9. The van der Waals surface area contributed by atoms with Gasteiger partial charge in [-0.25, -0.2) is 9.36 Å². The summed E-state index contributed by atoms with van der Waals surface area (Å²) in [5.74, 6) is 1.84. The van der Waals surface area contributed by atoms with Crippen molar-refractivity contribution in [3.63, 3.8) is 0 Å². The van der Waals surface area contributed by atoms with Crippen LogP contribution in [0.3, 0.4) is 0 Å². The van der Waals surface area contributed by atoms with E-state index in [0.717, 1.165) is 4.68 Å². The molecule has 2 N–H and O–H groups in total. The van der Waals surface area contributed by atoms with Gasteiger partial charge in [-0.2, -0.15) is 4.68 Å². The first-order chi connectivity index (χ1) is 7.95. The monoisotopic (exact) mass is 237 g/mol. The fourth-order valence-corrected chi connectivity index (χ4v) is 1.35. The normalized spacial score (nSPS) is 9.71. The molecule has 0 fully saturated rings. The van der Waals surface area contributed by atoms with Crippen LogP contribution < -0.4 is 22.0 Å². The van der Waals surface area contributed by atoms with Gasteiger partial charge in [-0.15, -0.1) is 11.3 Å². The predicted octanol–water partition coefficient (Wildman–Crippen LogP) is -1.18. The van der Waals surface area contributed by atoms with Gasteiger partial charge in [-0.1, -0.05) is 5.92 Å². The topological polar surface area (TPSA) is 103 Å². The highest BCUT2D eigenvalue weighted by atomic mass is 16.3. The van der Waals surface area contributed by atoms with Gasteiger partial charge >= 0.3 is 5.69 Å². The van der Waals surface area contributed by atoms with E-state index in [1.54, 1.807) is 0 Å². The minimum absolute atomic E-state index is 0.256. The van der Waals surface area contributed by atoms with Crippen LogP contribution >= 0.6 is 0 Å². The number of nitrogen functional groups attached to an aromatic ring is 1. The van der Waals surface area contributed by atoms with E-state index < -0.39 is 16.9 Å². The summed E-state index contributed by atoms with van der Waals surface area (Å²) < 4.78 is 1.66. The summed E-state index contributed by atoms with van der Waals surface area (Å²) in [7, 11) is 3.05. The van der Waals surface area contributed by atoms with Crippen molar-refractivity contribution in [2.45, 2.75) is 6.54 Å². The number of nitroso groups, excluding NO2 is 1. The Morgan fingerprint density at radius 3 is 2.47 bits per heavy atom. The first-order valence-corrected chi connectivity index (χ1v) is 4.55. The fraction of sp³-hybridized carbons (Fsp3) is 0.333. The van der Waals surface area contributed by atoms with Gasteiger partial charge in [0.2, 0.25) is 5.69 Å². The van der Waals surface area contributed by atoms with Gasteiger partial charge < -0.3 is 10.7 Å². The van der Waals surface area contributed by atoms with Crippen LogP contribution in [0.1, 0.15) is 0 Å². The van der Waals surface area contributed by atoms with E-state index in [4.69, 9.17) is 12.2 Å². The fourth-order valence-electron chi connectivity index (χ4n) is 1.35. The molecule has 1 aromatic heterocycles. The van der Waals surface area contributed by atoms with Crippen LogP contribution in [0.15, 0.2) is 14.8 Å². The van der Waals surface area contributed by atoms with Crippen molar-refractivity contribution in [2.75, 3.05) is 24.8 Å². The zero-order valence-electron chi connectivity index (χ0n) is 9.38. The van der Waals surface area contributed by atoms with E-state index in [0.29, 0.717) is 4.57 Å². The van der Waals surface area contributed by atoms with Crippen molar-refractivity contribution in [3.8, 4) is 12.3 Å². The van der Waals surface area contributed by atoms with E-state index in [-0.39, 0.29) is 12.4 Å². The van der Waals surface area contributed by atoms with Gasteiger partial charge in [-0.05, 0) is 5.18 Å². The number of terminal acetylenes is 1. The molecule has 90 valence electrons. The number of nitrogens with zero attached hydrogens (tertiary/aromatic N) is 4. The molecule has 0 aliphatic carbocycles. The Hall–Kier alpha value is -2.56. The second kappa shape index (κ2) is 4.52. The van der Waals surface area contributed by atoms with Crippen molar-refractivity contribution in [2.24, 2.45) is 5.18 Å². The van der Waals surface area contributed by atoms with Crippen molar-refractivity contribution < 1.29 is 0 Å². The number of nitrogens with two attached hydrogens (primary N) is 1. The summed E-state index contributed by atoms with van der Waals surface area (Å²) in [6.07, 6.45) is 5.04. The summed E-state index contributed by atoms with van der Waals surface area (Å²) in [4.78, 5) is 34.1. The maximum Gasteiger partial charge on any atom is 0.352 e. The third kappa shape index (κ3) is 1.90. The van der Waals surface area contributed by atoms with Crippen LogP contribution in [-0.4, -0.2) is 23.3 Å². The third-order valence-electron chi connectivity index (χ3n) is 2.07. The molecule has 0 aliphatic rings. The lowest BCUT2D eigenvalue weighted by Gasteiger charge is -2.19. The molecular weight excluding hydrogens is 226 g/mol. The molecule has 0 radical (unpaired) electrons. The third-order valence-corrected chi connectivity index (χ3v) is 2.07. The number of hydrogen-bond acceptors (Lipinski definition) is 6. The van der Waals surface area contributed by atoms with Gasteiger partial charge in [0, 0.05) is 14.1 Å². The molecule has 0 amide bonds. The molecule has 0 atom stereocenters. The van der Waals surface area contributed by atoms with Gasteiger partial charge in [0.25, 0.3) is 5.56 Å².